The predicted molar refractivity (Wildman–Crippen MR) is 76.3 cm³/mol. The van der Waals surface area contributed by atoms with Gasteiger partial charge >= 0.3 is 0 Å². The topological polar surface area (TPSA) is 26.3 Å². The molecule has 98 valence electrons. The normalized spacial score (nSPS) is 10.9. The van der Waals surface area contributed by atoms with Gasteiger partial charge in [0.15, 0.2) is 0 Å². The van der Waals surface area contributed by atoms with Crippen molar-refractivity contribution < 1.29 is 9.53 Å². The van der Waals surface area contributed by atoms with Gasteiger partial charge in [0, 0.05) is 6.42 Å². The van der Waals surface area contributed by atoms with Crippen LogP contribution in [-0.2, 0) is 4.79 Å². The van der Waals surface area contributed by atoms with E-state index in [1.165, 1.54) is 0 Å². The zero-order valence-electron chi connectivity index (χ0n) is 11.1. The summed E-state index contributed by atoms with van der Waals surface area (Å²) in [6.07, 6.45) is 5.35. The lowest BCUT2D eigenvalue weighted by atomic mass is 10.1. The lowest BCUT2D eigenvalue weighted by Gasteiger charge is -2.09. The molecule has 1 rings (SSSR count). The van der Waals surface area contributed by atoms with Crippen molar-refractivity contribution in [2.24, 2.45) is 0 Å². The Morgan fingerprint density at radius 3 is 2.78 bits per heavy atom. The van der Waals surface area contributed by atoms with Crippen molar-refractivity contribution >= 4 is 23.5 Å². The highest BCUT2D eigenvalue weighted by Crippen LogP contribution is 2.28. The maximum atomic E-state index is 10.8. The van der Waals surface area contributed by atoms with Crippen molar-refractivity contribution in [1.29, 1.82) is 0 Å². The number of rotatable bonds is 6. The summed E-state index contributed by atoms with van der Waals surface area (Å²) < 4.78 is 5.43. The summed E-state index contributed by atoms with van der Waals surface area (Å²) in [5, 5.41) is 0.619. The van der Waals surface area contributed by atoms with Gasteiger partial charge in [-0.25, -0.2) is 0 Å². The molecule has 0 bridgehead atoms. The first-order valence-electron chi connectivity index (χ1n) is 6.13. The molecular formula is C15H19ClO2. The Bertz CT molecular complexity index is 450. The molecule has 0 aliphatic heterocycles. The van der Waals surface area contributed by atoms with E-state index in [0.29, 0.717) is 18.1 Å². The fourth-order valence-electron chi connectivity index (χ4n) is 1.61. The van der Waals surface area contributed by atoms with Gasteiger partial charge in [-0.2, -0.15) is 0 Å². The number of carbonyl (C=O) groups is 1. The standard InChI is InChI=1S/C15H19ClO2/c1-4-18-15-9-11(2)13(10-14(15)16)8-6-5-7-12(3)17/h6,8-10H,4-5,7H2,1-3H3/b8-6+. The van der Waals surface area contributed by atoms with Gasteiger partial charge in [-0.05, 0) is 50.5 Å². The average Bonchev–Trinajstić information content (AvgIpc) is 2.30. The minimum absolute atomic E-state index is 0.209. The quantitative estimate of drug-likeness (QED) is 0.761. The molecule has 0 heterocycles. The Hall–Kier alpha value is -1.28. The number of halogens is 1. The highest BCUT2D eigenvalue weighted by molar-refractivity contribution is 6.32. The Labute approximate surface area is 114 Å². The Kier molecular flexibility index (Phi) is 5.93. The number of hydrogen-bond donors (Lipinski definition) is 0. The van der Waals surface area contributed by atoms with E-state index >= 15 is 0 Å². The third kappa shape index (κ3) is 4.53. The molecule has 0 aromatic heterocycles. The van der Waals surface area contributed by atoms with Gasteiger partial charge in [-0.15, -0.1) is 0 Å². The van der Waals surface area contributed by atoms with Gasteiger partial charge < -0.3 is 9.53 Å². The number of carbonyl (C=O) groups excluding carboxylic acids is 1. The molecule has 2 nitrogen and oxygen atoms in total. The van der Waals surface area contributed by atoms with Gasteiger partial charge in [0.2, 0.25) is 0 Å². The molecule has 0 aliphatic rings. The molecule has 0 fully saturated rings. The minimum Gasteiger partial charge on any atom is -0.492 e. The van der Waals surface area contributed by atoms with Gasteiger partial charge in [0.25, 0.3) is 0 Å². The lowest BCUT2D eigenvalue weighted by Crippen LogP contribution is -1.94. The first-order valence-corrected chi connectivity index (χ1v) is 6.51. The largest absolute Gasteiger partial charge is 0.492 e. The number of aryl methyl sites for hydroxylation is 1. The van der Waals surface area contributed by atoms with Crippen LogP contribution in [0.4, 0.5) is 0 Å². The fraction of sp³-hybridized carbons (Fsp3) is 0.400. The van der Waals surface area contributed by atoms with Gasteiger partial charge in [0.1, 0.15) is 11.5 Å². The number of hydrogen-bond acceptors (Lipinski definition) is 2. The van der Waals surface area contributed by atoms with Crippen LogP contribution in [0.3, 0.4) is 0 Å². The second kappa shape index (κ2) is 7.22. The molecule has 0 atom stereocenters. The van der Waals surface area contributed by atoms with E-state index < -0.39 is 0 Å². The average molecular weight is 267 g/mol. The van der Waals surface area contributed by atoms with Crippen LogP contribution < -0.4 is 4.74 Å². The molecule has 0 radical (unpaired) electrons. The number of allylic oxidation sites excluding steroid dienone is 1. The summed E-state index contributed by atoms with van der Waals surface area (Å²) in [4.78, 5) is 10.8. The minimum atomic E-state index is 0.209. The van der Waals surface area contributed by atoms with E-state index in [2.05, 4.69) is 0 Å². The van der Waals surface area contributed by atoms with Crippen LogP contribution in [0, 0.1) is 6.92 Å². The molecule has 0 saturated heterocycles. The second-order valence-corrected chi connectivity index (χ2v) is 4.62. The summed E-state index contributed by atoms with van der Waals surface area (Å²) >= 11 is 6.13. The zero-order chi connectivity index (χ0) is 13.5. The summed E-state index contributed by atoms with van der Waals surface area (Å²) in [5.74, 6) is 0.929. The number of ether oxygens (including phenoxy) is 1. The highest BCUT2D eigenvalue weighted by Gasteiger charge is 2.04. The molecule has 0 aliphatic carbocycles. The molecule has 0 spiro atoms. The van der Waals surface area contributed by atoms with Crippen molar-refractivity contribution in [3.63, 3.8) is 0 Å². The second-order valence-electron chi connectivity index (χ2n) is 4.22. The molecular weight excluding hydrogens is 248 g/mol. The summed E-state index contributed by atoms with van der Waals surface area (Å²) in [6, 6.07) is 3.84. The lowest BCUT2D eigenvalue weighted by molar-refractivity contribution is -0.116. The highest BCUT2D eigenvalue weighted by atomic mass is 35.5. The van der Waals surface area contributed by atoms with E-state index in [-0.39, 0.29) is 5.78 Å². The number of Topliss-reactive ketones (excluding diaryl/α,β-unsaturated/α-hetero) is 1. The molecule has 1 aromatic carbocycles. The molecule has 0 unspecified atom stereocenters. The van der Waals surface area contributed by atoms with E-state index in [9.17, 15) is 4.79 Å². The Morgan fingerprint density at radius 1 is 1.44 bits per heavy atom. The van der Waals surface area contributed by atoms with Crippen LogP contribution in [0.2, 0.25) is 5.02 Å². The molecule has 0 saturated carbocycles. The first-order chi connectivity index (χ1) is 8.54. The van der Waals surface area contributed by atoms with Gasteiger partial charge in [0.05, 0.1) is 11.6 Å². The number of ketones is 1. The summed E-state index contributed by atoms with van der Waals surface area (Å²) in [6.45, 7) is 6.16. The predicted octanol–water partition coefficient (Wildman–Crippen LogP) is 4.43. The Morgan fingerprint density at radius 2 is 2.17 bits per heavy atom. The van der Waals surface area contributed by atoms with Crippen LogP contribution >= 0.6 is 11.6 Å². The van der Waals surface area contributed by atoms with Crippen molar-refractivity contribution in [3.05, 3.63) is 34.4 Å². The zero-order valence-corrected chi connectivity index (χ0v) is 11.9. The van der Waals surface area contributed by atoms with Crippen LogP contribution in [0.25, 0.3) is 6.08 Å². The van der Waals surface area contributed by atoms with Crippen LogP contribution in [0.1, 0.15) is 37.8 Å². The third-order valence-electron chi connectivity index (χ3n) is 2.58. The SMILES string of the molecule is CCOc1cc(C)c(/C=C/CCC(C)=O)cc1Cl. The van der Waals surface area contributed by atoms with Crippen molar-refractivity contribution in [3.8, 4) is 5.75 Å². The molecule has 1 aromatic rings. The van der Waals surface area contributed by atoms with Crippen molar-refractivity contribution in [1.82, 2.24) is 0 Å². The Balaban J connectivity index is 2.78. The smallest absolute Gasteiger partial charge is 0.138 e. The maximum Gasteiger partial charge on any atom is 0.138 e. The van der Waals surface area contributed by atoms with E-state index in [0.717, 1.165) is 23.3 Å². The molecule has 0 amide bonds. The number of benzene rings is 1. The van der Waals surface area contributed by atoms with E-state index in [4.69, 9.17) is 16.3 Å². The van der Waals surface area contributed by atoms with E-state index in [1.807, 2.05) is 38.1 Å². The van der Waals surface area contributed by atoms with Gasteiger partial charge in [-0.3, -0.25) is 0 Å². The maximum absolute atomic E-state index is 10.8. The summed E-state index contributed by atoms with van der Waals surface area (Å²) in [5.41, 5.74) is 2.17. The molecule has 18 heavy (non-hydrogen) atoms. The van der Waals surface area contributed by atoms with Gasteiger partial charge in [-0.1, -0.05) is 23.8 Å². The molecule has 0 N–H and O–H groups in total. The van der Waals surface area contributed by atoms with Crippen LogP contribution in [0.5, 0.6) is 5.75 Å². The summed E-state index contributed by atoms with van der Waals surface area (Å²) in [7, 11) is 0. The first kappa shape index (κ1) is 14.8. The monoisotopic (exact) mass is 266 g/mol. The van der Waals surface area contributed by atoms with Crippen LogP contribution in [-0.4, -0.2) is 12.4 Å². The molecule has 3 heteroatoms. The van der Waals surface area contributed by atoms with E-state index in [1.54, 1.807) is 6.92 Å². The van der Waals surface area contributed by atoms with Crippen LogP contribution in [0.15, 0.2) is 18.2 Å². The third-order valence-corrected chi connectivity index (χ3v) is 2.88. The van der Waals surface area contributed by atoms with Crippen molar-refractivity contribution in [2.75, 3.05) is 6.61 Å². The fourth-order valence-corrected chi connectivity index (χ4v) is 1.84. The van der Waals surface area contributed by atoms with Crippen molar-refractivity contribution in [2.45, 2.75) is 33.6 Å².